The lowest BCUT2D eigenvalue weighted by atomic mass is 9.53. The van der Waals surface area contributed by atoms with Crippen molar-refractivity contribution in [1.82, 2.24) is 4.90 Å². The minimum Gasteiger partial charge on any atom is -0.285 e. The largest absolute Gasteiger partial charge is 0.285 e. The van der Waals surface area contributed by atoms with Crippen molar-refractivity contribution in [3.05, 3.63) is 0 Å². The summed E-state index contributed by atoms with van der Waals surface area (Å²) in [5.74, 6) is 3.80. The molecular formula is C16H26N2. The molecule has 100 valence electrons. The van der Waals surface area contributed by atoms with E-state index < -0.39 is 0 Å². The Bertz CT molecular complexity index is 342. The lowest BCUT2D eigenvalue weighted by molar-refractivity contribution is -0.0786. The van der Waals surface area contributed by atoms with Crippen LogP contribution in [0.4, 0.5) is 0 Å². The van der Waals surface area contributed by atoms with Crippen LogP contribution in [-0.4, -0.2) is 23.5 Å². The molecule has 18 heavy (non-hydrogen) atoms. The molecule has 0 spiro atoms. The molecule has 4 aliphatic carbocycles. The van der Waals surface area contributed by atoms with Gasteiger partial charge in [0.15, 0.2) is 0 Å². The van der Waals surface area contributed by atoms with Crippen LogP contribution in [0.3, 0.4) is 0 Å². The molecule has 4 fully saturated rings. The van der Waals surface area contributed by atoms with Crippen molar-refractivity contribution in [3.8, 4) is 6.07 Å². The predicted molar refractivity (Wildman–Crippen MR) is 72.9 cm³/mol. The summed E-state index contributed by atoms with van der Waals surface area (Å²) in [6, 6.07) is 3.25. The Kier molecular flexibility index (Phi) is 2.94. The third kappa shape index (κ3) is 1.71. The second-order valence-corrected chi connectivity index (χ2v) is 7.27. The van der Waals surface area contributed by atoms with Crippen LogP contribution in [0.25, 0.3) is 0 Å². The summed E-state index contributed by atoms with van der Waals surface area (Å²) in [7, 11) is 2.21. The van der Waals surface area contributed by atoms with Gasteiger partial charge in [-0.05, 0) is 76.2 Å². The minimum atomic E-state index is -0.264. The second kappa shape index (κ2) is 4.23. The topological polar surface area (TPSA) is 27.0 Å². The van der Waals surface area contributed by atoms with Gasteiger partial charge in [0.1, 0.15) is 5.54 Å². The maximum Gasteiger partial charge on any atom is 0.106 e. The Morgan fingerprint density at radius 1 is 1.11 bits per heavy atom. The fourth-order valence-electron chi connectivity index (χ4n) is 5.27. The van der Waals surface area contributed by atoms with Crippen LogP contribution in [0.1, 0.15) is 52.4 Å². The molecule has 0 heterocycles. The summed E-state index contributed by atoms with van der Waals surface area (Å²) in [5.41, 5.74) is -0.264. The van der Waals surface area contributed by atoms with Gasteiger partial charge in [0, 0.05) is 6.04 Å². The molecule has 4 bridgehead atoms. The van der Waals surface area contributed by atoms with Crippen LogP contribution < -0.4 is 0 Å². The molecule has 4 aliphatic rings. The Balaban J connectivity index is 1.83. The molecule has 0 N–H and O–H groups in total. The Morgan fingerprint density at radius 2 is 1.61 bits per heavy atom. The molecule has 2 nitrogen and oxygen atoms in total. The Hall–Kier alpha value is -0.550. The summed E-state index contributed by atoms with van der Waals surface area (Å²) in [6.07, 6.45) is 8.19. The lowest BCUT2D eigenvalue weighted by Gasteiger charge is -2.58. The highest BCUT2D eigenvalue weighted by molar-refractivity contribution is 5.10. The fourth-order valence-corrected chi connectivity index (χ4v) is 5.27. The average Bonchev–Trinajstić information content (AvgIpc) is 2.36. The Labute approximate surface area is 111 Å². The zero-order valence-electron chi connectivity index (χ0n) is 12.0. The summed E-state index contributed by atoms with van der Waals surface area (Å²) < 4.78 is 0. The summed E-state index contributed by atoms with van der Waals surface area (Å²) in [5, 5.41) is 9.52. The lowest BCUT2D eigenvalue weighted by Crippen LogP contribution is -2.60. The van der Waals surface area contributed by atoms with Crippen LogP contribution in [0.15, 0.2) is 0 Å². The van der Waals surface area contributed by atoms with E-state index in [1.165, 1.54) is 32.1 Å². The van der Waals surface area contributed by atoms with E-state index in [1.807, 2.05) is 0 Å². The molecule has 1 atom stereocenters. The molecular weight excluding hydrogens is 220 g/mol. The molecule has 0 aliphatic heterocycles. The van der Waals surface area contributed by atoms with Crippen LogP contribution in [-0.2, 0) is 0 Å². The zero-order valence-corrected chi connectivity index (χ0v) is 12.0. The van der Waals surface area contributed by atoms with Crippen molar-refractivity contribution < 1.29 is 0 Å². The van der Waals surface area contributed by atoms with Gasteiger partial charge >= 0.3 is 0 Å². The molecule has 0 aromatic rings. The van der Waals surface area contributed by atoms with Crippen molar-refractivity contribution in [2.45, 2.75) is 64.0 Å². The first-order chi connectivity index (χ1) is 8.57. The smallest absolute Gasteiger partial charge is 0.106 e. The van der Waals surface area contributed by atoms with E-state index in [0.717, 1.165) is 30.1 Å². The van der Waals surface area contributed by atoms with Crippen molar-refractivity contribution >= 4 is 0 Å². The first-order valence-corrected chi connectivity index (χ1v) is 7.71. The van der Waals surface area contributed by atoms with Crippen LogP contribution in [0.2, 0.25) is 0 Å². The zero-order chi connectivity index (χ0) is 12.9. The SMILES string of the molecule is CCC(C)(C#N)N(C)C1C2CC3CC(C2)CC1C3. The van der Waals surface area contributed by atoms with E-state index in [4.69, 9.17) is 0 Å². The summed E-state index contributed by atoms with van der Waals surface area (Å²) >= 11 is 0. The van der Waals surface area contributed by atoms with E-state index in [1.54, 1.807) is 0 Å². The van der Waals surface area contributed by atoms with Gasteiger partial charge in [-0.15, -0.1) is 0 Å². The van der Waals surface area contributed by atoms with Crippen molar-refractivity contribution in [2.24, 2.45) is 23.7 Å². The highest BCUT2D eigenvalue weighted by Gasteiger charge is 2.51. The van der Waals surface area contributed by atoms with E-state index in [2.05, 4.69) is 31.9 Å². The second-order valence-electron chi connectivity index (χ2n) is 7.27. The third-order valence-corrected chi connectivity index (χ3v) is 6.33. The molecule has 0 radical (unpaired) electrons. The van der Waals surface area contributed by atoms with Gasteiger partial charge in [-0.3, -0.25) is 4.90 Å². The molecule has 4 saturated carbocycles. The summed E-state index contributed by atoms with van der Waals surface area (Å²) in [6.45, 7) is 4.27. The number of hydrogen-bond acceptors (Lipinski definition) is 2. The van der Waals surface area contributed by atoms with E-state index in [9.17, 15) is 5.26 Å². The van der Waals surface area contributed by atoms with Crippen molar-refractivity contribution in [1.29, 1.82) is 5.26 Å². The molecule has 1 unspecified atom stereocenters. The Morgan fingerprint density at radius 3 is 2.00 bits per heavy atom. The van der Waals surface area contributed by atoms with Crippen LogP contribution >= 0.6 is 0 Å². The maximum atomic E-state index is 9.52. The van der Waals surface area contributed by atoms with Gasteiger partial charge in [-0.2, -0.15) is 5.26 Å². The standard InChI is InChI=1S/C16H26N2/c1-4-16(2,10-17)18(3)15-13-6-11-5-12(8-13)9-14(15)7-11/h11-15H,4-9H2,1-3H3. The van der Waals surface area contributed by atoms with Gasteiger partial charge in [0.2, 0.25) is 0 Å². The molecule has 0 aromatic heterocycles. The monoisotopic (exact) mass is 246 g/mol. The predicted octanol–water partition coefficient (Wildman–Crippen LogP) is 3.44. The van der Waals surface area contributed by atoms with Crippen LogP contribution in [0.5, 0.6) is 0 Å². The number of rotatable bonds is 3. The number of nitrogens with zero attached hydrogens (tertiary/aromatic N) is 2. The van der Waals surface area contributed by atoms with Gasteiger partial charge in [0.05, 0.1) is 6.07 Å². The van der Waals surface area contributed by atoms with Gasteiger partial charge in [0.25, 0.3) is 0 Å². The van der Waals surface area contributed by atoms with E-state index >= 15 is 0 Å². The molecule has 0 amide bonds. The highest BCUT2D eigenvalue weighted by Crippen LogP contribution is 2.55. The quantitative estimate of drug-likeness (QED) is 0.763. The minimum absolute atomic E-state index is 0.264. The van der Waals surface area contributed by atoms with Crippen molar-refractivity contribution in [3.63, 3.8) is 0 Å². The normalized spacial score (nSPS) is 44.9. The molecule has 2 heteroatoms. The van der Waals surface area contributed by atoms with Crippen LogP contribution in [0, 0.1) is 35.0 Å². The van der Waals surface area contributed by atoms with E-state index in [0.29, 0.717) is 6.04 Å². The number of nitriles is 1. The first-order valence-electron chi connectivity index (χ1n) is 7.71. The van der Waals surface area contributed by atoms with Crippen molar-refractivity contribution in [2.75, 3.05) is 7.05 Å². The first kappa shape index (κ1) is 12.5. The molecule has 0 saturated heterocycles. The van der Waals surface area contributed by atoms with Gasteiger partial charge < -0.3 is 0 Å². The fraction of sp³-hybridized carbons (Fsp3) is 0.938. The third-order valence-electron chi connectivity index (χ3n) is 6.33. The maximum absolute atomic E-state index is 9.52. The highest BCUT2D eigenvalue weighted by atomic mass is 15.2. The van der Waals surface area contributed by atoms with E-state index in [-0.39, 0.29) is 5.54 Å². The van der Waals surface area contributed by atoms with Gasteiger partial charge in [-0.25, -0.2) is 0 Å². The number of hydrogen-bond donors (Lipinski definition) is 0. The summed E-state index contributed by atoms with van der Waals surface area (Å²) in [4.78, 5) is 2.44. The van der Waals surface area contributed by atoms with Gasteiger partial charge in [-0.1, -0.05) is 6.92 Å². The molecule has 0 aromatic carbocycles. The molecule has 4 rings (SSSR count). The average molecular weight is 246 g/mol.